The van der Waals surface area contributed by atoms with E-state index in [1.165, 1.54) is 31.2 Å². The van der Waals surface area contributed by atoms with Crippen LogP contribution in [0.25, 0.3) is 0 Å². The SMILES string of the molecule is CC(C)C[C@H](NC(=O)[C@H](CO)NC(=O)[C@H](Cc1ccccc1)NC(=O)[C@H](Cc1ccc(O)cc1)NC(=O)[C@@H](N)[C@@H](C)O)C(=O)N[C@@H](CC(N)=O)C(=O)N[C@@H](CC(N)=O)C(=O)N[C@@H](CCCCN)C(=O)N[C@@H](Cc1ccccc1)C(=O)O. The average molecular weight is 1130 g/mol. The van der Waals surface area contributed by atoms with Gasteiger partial charge in [0.15, 0.2) is 0 Å². The number of phenols is 1. The van der Waals surface area contributed by atoms with E-state index < -0.39 is 145 Å². The van der Waals surface area contributed by atoms with Crippen molar-refractivity contribution in [2.75, 3.05) is 13.2 Å². The number of carbonyl (C=O) groups is 11. The second-order valence-corrected chi connectivity index (χ2v) is 19.8. The number of benzene rings is 3. The lowest BCUT2D eigenvalue weighted by Gasteiger charge is -2.28. The average Bonchev–Trinajstić information content (AvgIpc) is 3.43. The summed E-state index contributed by atoms with van der Waals surface area (Å²) in [7, 11) is 0. The molecule has 442 valence electrons. The number of aliphatic hydroxyl groups is 2. The van der Waals surface area contributed by atoms with Crippen molar-refractivity contribution < 1.29 is 73.2 Å². The fourth-order valence-electron chi connectivity index (χ4n) is 8.06. The molecule has 0 aromatic heterocycles. The molecular formula is C54H76N12O15. The second kappa shape index (κ2) is 33.8. The van der Waals surface area contributed by atoms with E-state index in [-0.39, 0.29) is 56.7 Å². The van der Waals surface area contributed by atoms with Crippen LogP contribution in [0.3, 0.4) is 0 Å². The lowest BCUT2D eigenvalue weighted by atomic mass is 10.0. The van der Waals surface area contributed by atoms with Gasteiger partial charge in [0, 0.05) is 19.3 Å². The first-order valence-corrected chi connectivity index (χ1v) is 26.1. The first-order chi connectivity index (χ1) is 38.3. The zero-order chi connectivity index (χ0) is 60.3. The molecule has 10 atom stereocenters. The molecule has 81 heavy (non-hydrogen) atoms. The molecule has 0 aliphatic heterocycles. The third kappa shape index (κ3) is 23.8. The number of aliphatic hydroxyl groups excluding tert-OH is 2. The summed E-state index contributed by atoms with van der Waals surface area (Å²) in [4.78, 5) is 147. The molecule has 20 N–H and O–H groups in total. The maximum absolute atomic E-state index is 14.1. The number of aliphatic carboxylic acids is 1. The summed E-state index contributed by atoms with van der Waals surface area (Å²) in [6.45, 7) is 3.75. The maximum atomic E-state index is 14.1. The minimum Gasteiger partial charge on any atom is -0.508 e. The summed E-state index contributed by atoms with van der Waals surface area (Å²) in [5.74, 6) is -12.4. The molecule has 0 saturated heterocycles. The van der Waals surface area contributed by atoms with E-state index in [9.17, 15) is 73.2 Å². The number of amides is 10. The van der Waals surface area contributed by atoms with Crippen LogP contribution >= 0.6 is 0 Å². The number of hydrogen-bond donors (Lipinski definition) is 16. The molecule has 27 nitrogen and oxygen atoms in total. The van der Waals surface area contributed by atoms with Crippen LogP contribution in [0.5, 0.6) is 5.75 Å². The van der Waals surface area contributed by atoms with Gasteiger partial charge in [-0.3, -0.25) is 47.9 Å². The third-order valence-electron chi connectivity index (χ3n) is 12.5. The van der Waals surface area contributed by atoms with E-state index >= 15 is 0 Å². The smallest absolute Gasteiger partial charge is 0.326 e. The first-order valence-electron chi connectivity index (χ1n) is 26.1. The van der Waals surface area contributed by atoms with Crippen LogP contribution < -0.4 is 65.5 Å². The quantitative estimate of drug-likeness (QED) is 0.0250. The van der Waals surface area contributed by atoms with E-state index in [1.54, 1.807) is 74.5 Å². The van der Waals surface area contributed by atoms with Crippen LogP contribution in [-0.4, -0.2) is 159 Å². The van der Waals surface area contributed by atoms with Crippen LogP contribution in [0.1, 0.15) is 76.0 Å². The molecule has 10 amide bonds. The largest absolute Gasteiger partial charge is 0.508 e. The van der Waals surface area contributed by atoms with Crippen molar-refractivity contribution in [3.05, 3.63) is 102 Å². The number of nitrogens with one attached hydrogen (secondary N) is 8. The molecule has 0 spiro atoms. The zero-order valence-corrected chi connectivity index (χ0v) is 45.3. The number of primary amides is 2. The van der Waals surface area contributed by atoms with E-state index in [1.807, 2.05) is 0 Å². The van der Waals surface area contributed by atoms with E-state index in [4.69, 9.17) is 22.9 Å². The van der Waals surface area contributed by atoms with Crippen molar-refractivity contribution >= 4 is 65.0 Å². The van der Waals surface area contributed by atoms with Gasteiger partial charge >= 0.3 is 5.97 Å². The molecule has 3 aromatic carbocycles. The second-order valence-electron chi connectivity index (χ2n) is 19.8. The molecule has 0 aliphatic carbocycles. The molecule has 27 heteroatoms. The number of carboxylic acids is 1. The highest BCUT2D eigenvalue weighted by Crippen LogP contribution is 2.14. The number of hydrogen-bond acceptors (Lipinski definition) is 16. The van der Waals surface area contributed by atoms with Gasteiger partial charge in [-0.2, -0.15) is 0 Å². The molecule has 0 bridgehead atoms. The lowest BCUT2D eigenvalue weighted by Crippen LogP contribution is -2.61. The number of phenolic OH excluding ortho intramolecular Hbond substituents is 1. The Morgan fingerprint density at radius 1 is 0.469 bits per heavy atom. The number of rotatable bonds is 35. The van der Waals surface area contributed by atoms with E-state index in [0.717, 1.165) is 0 Å². The van der Waals surface area contributed by atoms with E-state index in [0.29, 0.717) is 23.1 Å². The van der Waals surface area contributed by atoms with Gasteiger partial charge in [-0.1, -0.05) is 86.6 Å². The number of aromatic hydroxyl groups is 1. The minimum atomic E-state index is -1.89. The van der Waals surface area contributed by atoms with Crippen molar-refractivity contribution in [3.8, 4) is 5.75 Å². The number of unbranched alkanes of at least 4 members (excludes halogenated alkanes) is 1. The Morgan fingerprint density at radius 3 is 1.26 bits per heavy atom. The molecular weight excluding hydrogens is 1060 g/mol. The maximum Gasteiger partial charge on any atom is 0.326 e. The van der Waals surface area contributed by atoms with Gasteiger partial charge in [0.05, 0.1) is 25.6 Å². The predicted molar refractivity (Wildman–Crippen MR) is 292 cm³/mol. The Bertz CT molecular complexity index is 2610. The summed E-state index contributed by atoms with van der Waals surface area (Å²) in [5, 5.41) is 59.5. The molecule has 0 saturated carbocycles. The van der Waals surface area contributed by atoms with Crippen molar-refractivity contribution in [3.63, 3.8) is 0 Å². The monoisotopic (exact) mass is 1130 g/mol. The Hall–Kier alpha value is -8.53. The highest BCUT2D eigenvalue weighted by atomic mass is 16.4. The molecule has 0 heterocycles. The van der Waals surface area contributed by atoms with Gasteiger partial charge in [-0.25, -0.2) is 4.79 Å². The zero-order valence-electron chi connectivity index (χ0n) is 45.3. The molecule has 0 radical (unpaired) electrons. The van der Waals surface area contributed by atoms with Crippen LogP contribution in [-0.2, 0) is 72.0 Å². The Balaban J connectivity index is 1.86. The van der Waals surface area contributed by atoms with Crippen LogP contribution in [0.2, 0.25) is 0 Å². The van der Waals surface area contributed by atoms with Gasteiger partial charge in [0.1, 0.15) is 60.1 Å². The molecule has 0 unspecified atom stereocenters. The molecule has 3 rings (SSSR count). The van der Waals surface area contributed by atoms with Crippen molar-refractivity contribution in [2.24, 2.45) is 28.9 Å². The Kier molecular flexibility index (Phi) is 27.9. The van der Waals surface area contributed by atoms with Gasteiger partial charge in [0.2, 0.25) is 59.1 Å². The summed E-state index contributed by atoms with van der Waals surface area (Å²) >= 11 is 0. The molecule has 0 aliphatic rings. The summed E-state index contributed by atoms with van der Waals surface area (Å²) in [5.41, 5.74) is 24.0. The highest BCUT2D eigenvalue weighted by Gasteiger charge is 2.36. The fourth-order valence-corrected chi connectivity index (χ4v) is 8.06. The van der Waals surface area contributed by atoms with E-state index in [2.05, 4.69) is 42.5 Å². The number of carbonyl (C=O) groups excluding carboxylic acids is 10. The Morgan fingerprint density at radius 2 is 0.827 bits per heavy atom. The number of carboxylic acid groups (broad SMARTS) is 1. The van der Waals surface area contributed by atoms with Gasteiger partial charge in [0.25, 0.3) is 0 Å². The summed E-state index contributed by atoms with van der Waals surface area (Å²) in [6, 6.07) is 8.07. The minimum absolute atomic E-state index is 0.0643. The van der Waals surface area contributed by atoms with Crippen molar-refractivity contribution in [1.29, 1.82) is 0 Å². The van der Waals surface area contributed by atoms with Crippen LogP contribution in [0, 0.1) is 5.92 Å². The van der Waals surface area contributed by atoms with Gasteiger partial charge in [-0.15, -0.1) is 0 Å². The third-order valence-corrected chi connectivity index (χ3v) is 12.5. The van der Waals surface area contributed by atoms with Crippen LogP contribution in [0.4, 0.5) is 0 Å². The Labute approximate surface area is 467 Å². The molecule has 0 fully saturated rings. The lowest BCUT2D eigenvalue weighted by molar-refractivity contribution is -0.142. The predicted octanol–water partition coefficient (Wildman–Crippen LogP) is -3.99. The standard InChI is InChI=1S/C54H76N12O15/c1-29(2)22-36(60-52(78)42(28-67)66-49(75)37(23-31-12-6-4-7-13-31)61-48(74)38(64-53(79)45(58)30(3)68)24-33-17-19-34(69)20-18-33)47(73)62-40(27-44(57)71)51(77)63-39(26-43(56)70)50(76)59-35(16-10-11-21-55)46(72)65-41(54(80)81)25-32-14-8-5-9-15-32/h4-9,12-15,17-20,29-30,35-42,45,67-69H,10-11,16,21-28,55,58H2,1-3H3,(H2,56,70)(H2,57,71)(H,59,76)(H,60,78)(H,61,74)(H,62,73)(H,63,77)(H,64,79)(H,65,72)(H,66,75)(H,80,81)/t30-,35+,36+,37+,38+,39+,40+,41+,42+,45+/m1/s1. The fraction of sp³-hybridized carbons (Fsp3) is 0.463. The summed E-state index contributed by atoms with van der Waals surface area (Å²) < 4.78 is 0. The first kappa shape index (κ1) is 66.7. The highest BCUT2D eigenvalue weighted by molar-refractivity contribution is 6.00. The topological polar surface area (TPSA) is 469 Å². The normalized spacial score (nSPS) is 14.8. The van der Waals surface area contributed by atoms with Crippen LogP contribution in [0.15, 0.2) is 84.9 Å². The van der Waals surface area contributed by atoms with Gasteiger partial charge in [-0.05, 0) is 73.9 Å². The van der Waals surface area contributed by atoms with Crippen molar-refractivity contribution in [1.82, 2.24) is 42.5 Å². The van der Waals surface area contributed by atoms with Gasteiger partial charge < -0.3 is 85.9 Å². The summed E-state index contributed by atoms with van der Waals surface area (Å²) in [6.07, 6.45) is -3.13. The number of nitrogens with two attached hydrogens (primary N) is 4. The van der Waals surface area contributed by atoms with Crippen molar-refractivity contribution in [2.45, 2.75) is 139 Å². The molecule has 3 aromatic rings.